The molecule has 1 fully saturated rings. The summed E-state index contributed by atoms with van der Waals surface area (Å²) in [5.74, 6) is 0.734. The molecule has 1 saturated carbocycles. The lowest BCUT2D eigenvalue weighted by Gasteiger charge is -2.32. The lowest BCUT2D eigenvalue weighted by Crippen LogP contribution is -2.23. The highest BCUT2D eigenvalue weighted by molar-refractivity contribution is 7.71. The van der Waals surface area contributed by atoms with E-state index < -0.39 is 0 Å². The van der Waals surface area contributed by atoms with E-state index in [2.05, 4.69) is 21.5 Å². The van der Waals surface area contributed by atoms with Gasteiger partial charge in [0.05, 0.1) is 10.5 Å². The molecule has 0 amide bonds. The normalized spacial score (nSPS) is 18.2. The largest absolute Gasteiger partial charge is 0.329 e. The molecule has 2 heterocycles. The average Bonchev–Trinajstić information content (AvgIpc) is 2.50. The van der Waals surface area contributed by atoms with E-state index in [9.17, 15) is 0 Å². The number of hydrogen-bond acceptors (Lipinski definition) is 2. The van der Waals surface area contributed by atoms with Crippen LogP contribution >= 0.6 is 23.8 Å². The SMILES string of the molecule is CC(C1CCC1)n1c(=S)[nH]c2cc(Cl)cnc21. The average molecular weight is 268 g/mol. The molecule has 2 aromatic heterocycles. The third-order valence-corrected chi connectivity index (χ3v) is 4.27. The molecule has 0 aromatic carbocycles. The smallest absolute Gasteiger partial charge is 0.179 e. The van der Waals surface area contributed by atoms with Crippen molar-refractivity contribution >= 4 is 35.0 Å². The number of aromatic amines is 1. The summed E-state index contributed by atoms with van der Waals surface area (Å²) in [6.45, 7) is 2.23. The second kappa shape index (κ2) is 4.10. The fourth-order valence-electron chi connectivity index (χ4n) is 2.50. The van der Waals surface area contributed by atoms with Crippen LogP contribution in [-0.2, 0) is 0 Å². The summed E-state index contributed by atoms with van der Waals surface area (Å²) in [4.78, 5) is 7.58. The molecular formula is C12H14ClN3S. The van der Waals surface area contributed by atoms with Gasteiger partial charge in [-0.25, -0.2) is 4.98 Å². The van der Waals surface area contributed by atoms with Crippen LogP contribution < -0.4 is 0 Å². The van der Waals surface area contributed by atoms with E-state index in [0.717, 1.165) is 21.9 Å². The fraction of sp³-hybridized carbons (Fsp3) is 0.500. The van der Waals surface area contributed by atoms with Crippen molar-refractivity contribution in [1.29, 1.82) is 0 Å². The Bertz CT molecular complexity index is 612. The first-order chi connectivity index (χ1) is 8.16. The van der Waals surface area contributed by atoms with E-state index in [4.69, 9.17) is 23.8 Å². The van der Waals surface area contributed by atoms with Crippen LogP contribution in [0.1, 0.15) is 32.2 Å². The lowest BCUT2D eigenvalue weighted by atomic mass is 9.80. The Labute approximate surface area is 110 Å². The molecule has 3 rings (SSSR count). The Hall–Kier alpha value is -0.870. The van der Waals surface area contributed by atoms with Crippen molar-refractivity contribution < 1.29 is 0 Å². The monoisotopic (exact) mass is 267 g/mol. The molecule has 0 aliphatic heterocycles. The molecule has 1 unspecified atom stereocenters. The molecule has 5 heteroatoms. The van der Waals surface area contributed by atoms with E-state index in [0.29, 0.717) is 11.1 Å². The van der Waals surface area contributed by atoms with Crippen LogP contribution in [0.4, 0.5) is 0 Å². The van der Waals surface area contributed by atoms with Crippen LogP contribution in [0.5, 0.6) is 0 Å². The van der Waals surface area contributed by atoms with Gasteiger partial charge in [0.25, 0.3) is 0 Å². The zero-order valence-corrected chi connectivity index (χ0v) is 11.2. The van der Waals surface area contributed by atoms with Gasteiger partial charge in [0.1, 0.15) is 0 Å². The van der Waals surface area contributed by atoms with Crippen LogP contribution in [0.2, 0.25) is 5.02 Å². The second-order valence-electron chi connectivity index (χ2n) is 4.76. The summed E-state index contributed by atoms with van der Waals surface area (Å²) < 4.78 is 2.87. The highest BCUT2D eigenvalue weighted by atomic mass is 35.5. The van der Waals surface area contributed by atoms with Gasteiger partial charge in [0, 0.05) is 12.2 Å². The van der Waals surface area contributed by atoms with Gasteiger partial charge in [0.2, 0.25) is 0 Å². The third kappa shape index (κ3) is 1.79. The number of nitrogens with one attached hydrogen (secondary N) is 1. The maximum absolute atomic E-state index is 5.94. The number of hydrogen-bond donors (Lipinski definition) is 1. The molecule has 90 valence electrons. The molecule has 1 aliphatic rings. The molecule has 1 atom stereocenters. The van der Waals surface area contributed by atoms with Crippen molar-refractivity contribution in [2.45, 2.75) is 32.2 Å². The number of H-pyrrole nitrogens is 1. The lowest BCUT2D eigenvalue weighted by molar-refractivity contribution is 0.224. The van der Waals surface area contributed by atoms with E-state index in [1.807, 2.05) is 6.07 Å². The predicted molar refractivity (Wildman–Crippen MR) is 72.0 cm³/mol. The first kappa shape index (κ1) is 11.2. The summed E-state index contributed by atoms with van der Waals surface area (Å²) in [6, 6.07) is 2.29. The van der Waals surface area contributed by atoms with Crippen LogP contribution in [0, 0.1) is 10.7 Å². The van der Waals surface area contributed by atoms with E-state index in [1.54, 1.807) is 6.20 Å². The van der Waals surface area contributed by atoms with Crippen LogP contribution in [-0.4, -0.2) is 14.5 Å². The molecule has 0 radical (unpaired) electrons. The van der Waals surface area contributed by atoms with Gasteiger partial charge < -0.3 is 4.98 Å². The van der Waals surface area contributed by atoms with Gasteiger partial charge >= 0.3 is 0 Å². The predicted octanol–water partition coefficient (Wildman–Crippen LogP) is 4.11. The second-order valence-corrected chi connectivity index (χ2v) is 5.58. The zero-order chi connectivity index (χ0) is 12.0. The first-order valence-corrected chi connectivity index (χ1v) is 6.71. The molecule has 0 spiro atoms. The molecular weight excluding hydrogens is 254 g/mol. The molecule has 1 aliphatic carbocycles. The van der Waals surface area contributed by atoms with Gasteiger partial charge in [-0.2, -0.15) is 0 Å². The summed E-state index contributed by atoms with van der Waals surface area (Å²) in [5.41, 5.74) is 1.84. The minimum absolute atomic E-state index is 0.415. The minimum atomic E-state index is 0.415. The maximum atomic E-state index is 5.94. The molecule has 3 nitrogen and oxygen atoms in total. The number of halogens is 1. The molecule has 17 heavy (non-hydrogen) atoms. The van der Waals surface area contributed by atoms with Crippen molar-refractivity contribution in [3.63, 3.8) is 0 Å². The van der Waals surface area contributed by atoms with Gasteiger partial charge in [-0.3, -0.25) is 4.57 Å². The minimum Gasteiger partial charge on any atom is -0.329 e. The number of imidazole rings is 1. The topological polar surface area (TPSA) is 33.6 Å². The number of pyridine rings is 1. The summed E-state index contributed by atoms with van der Waals surface area (Å²) in [5, 5.41) is 0.636. The maximum Gasteiger partial charge on any atom is 0.179 e. The quantitative estimate of drug-likeness (QED) is 0.831. The molecule has 0 bridgehead atoms. The Morgan fingerprint density at radius 3 is 3.00 bits per heavy atom. The van der Waals surface area contributed by atoms with Crippen molar-refractivity contribution in [3.8, 4) is 0 Å². The number of fused-ring (bicyclic) bond motifs is 1. The van der Waals surface area contributed by atoms with Crippen molar-refractivity contribution in [2.75, 3.05) is 0 Å². The highest BCUT2D eigenvalue weighted by Gasteiger charge is 2.26. The Morgan fingerprint density at radius 1 is 1.59 bits per heavy atom. The zero-order valence-electron chi connectivity index (χ0n) is 9.61. The number of aromatic nitrogens is 3. The van der Waals surface area contributed by atoms with E-state index in [1.165, 1.54) is 19.3 Å². The Kier molecular flexibility index (Phi) is 2.71. The van der Waals surface area contributed by atoms with Crippen molar-refractivity contribution in [1.82, 2.24) is 14.5 Å². The molecule has 2 aromatic rings. The molecule has 0 saturated heterocycles. The van der Waals surface area contributed by atoms with E-state index in [-0.39, 0.29) is 0 Å². The first-order valence-electron chi connectivity index (χ1n) is 5.92. The van der Waals surface area contributed by atoms with Crippen LogP contribution in [0.15, 0.2) is 12.3 Å². The van der Waals surface area contributed by atoms with Gasteiger partial charge in [-0.15, -0.1) is 0 Å². The summed E-state index contributed by atoms with van der Waals surface area (Å²) in [7, 11) is 0. The van der Waals surface area contributed by atoms with Crippen molar-refractivity contribution in [2.24, 2.45) is 5.92 Å². The van der Waals surface area contributed by atoms with Gasteiger partial charge in [-0.05, 0) is 44.0 Å². The summed E-state index contributed by atoms with van der Waals surface area (Å²) >= 11 is 11.3. The standard InChI is InChI=1S/C12H14ClN3S/c1-7(8-3-2-4-8)16-11-10(15-12(16)17)5-9(13)6-14-11/h5-8H,2-4H2,1H3,(H,15,17). The van der Waals surface area contributed by atoms with Crippen LogP contribution in [0.3, 0.4) is 0 Å². The molecule has 1 N–H and O–H groups in total. The number of rotatable bonds is 2. The number of nitrogens with zero attached hydrogens (tertiary/aromatic N) is 2. The third-order valence-electron chi connectivity index (χ3n) is 3.76. The van der Waals surface area contributed by atoms with E-state index >= 15 is 0 Å². The van der Waals surface area contributed by atoms with Gasteiger partial charge in [0.15, 0.2) is 10.4 Å². The van der Waals surface area contributed by atoms with Crippen LogP contribution in [0.25, 0.3) is 11.2 Å². The van der Waals surface area contributed by atoms with Gasteiger partial charge in [-0.1, -0.05) is 18.0 Å². The fourth-order valence-corrected chi connectivity index (χ4v) is 3.02. The van der Waals surface area contributed by atoms with Crippen molar-refractivity contribution in [3.05, 3.63) is 22.1 Å². The highest BCUT2D eigenvalue weighted by Crippen LogP contribution is 2.37. The Morgan fingerprint density at radius 2 is 2.35 bits per heavy atom. The summed E-state index contributed by atoms with van der Waals surface area (Å²) in [6.07, 6.45) is 5.60. The Balaban J connectivity index is 2.14.